The summed E-state index contributed by atoms with van der Waals surface area (Å²) in [5.74, 6) is 0.0708. The van der Waals surface area contributed by atoms with Crippen LogP contribution in [0.25, 0.3) is 0 Å². The summed E-state index contributed by atoms with van der Waals surface area (Å²) in [6, 6.07) is 0. The molecular formula is C5H11N3O. The van der Waals surface area contributed by atoms with Gasteiger partial charge in [0.2, 0.25) is 5.91 Å². The second-order valence-electron chi connectivity index (χ2n) is 2.03. The lowest BCUT2D eigenvalue weighted by atomic mass is 10.3. The highest BCUT2D eigenvalue weighted by atomic mass is 16.2. The minimum Gasteiger partial charge on any atom is -0.352 e. The predicted molar refractivity (Wildman–Crippen MR) is 33.9 cm³/mol. The van der Waals surface area contributed by atoms with Crippen molar-refractivity contribution in [2.45, 2.75) is 6.17 Å². The SMILES string of the molecule is CNC1CNC(=O)CN1. The summed E-state index contributed by atoms with van der Waals surface area (Å²) in [7, 11) is 1.86. The van der Waals surface area contributed by atoms with Crippen LogP contribution in [-0.4, -0.2) is 32.2 Å². The van der Waals surface area contributed by atoms with E-state index in [-0.39, 0.29) is 12.1 Å². The van der Waals surface area contributed by atoms with E-state index in [9.17, 15) is 4.79 Å². The summed E-state index contributed by atoms with van der Waals surface area (Å²) in [5, 5.41) is 8.71. The van der Waals surface area contributed by atoms with Crippen molar-refractivity contribution in [1.82, 2.24) is 16.0 Å². The van der Waals surface area contributed by atoms with Crippen LogP contribution in [0.2, 0.25) is 0 Å². The number of carbonyl (C=O) groups excluding carboxylic acids is 1. The van der Waals surface area contributed by atoms with E-state index < -0.39 is 0 Å². The summed E-state index contributed by atoms with van der Waals surface area (Å²) < 4.78 is 0. The van der Waals surface area contributed by atoms with E-state index in [1.807, 2.05) is 7.05 Å². The van der Waals surface area contributed by atoms with Gasteiger partial charge in [0.25, 0.3) is 0 Å². The van der Waals surface area contributed by atoms with Crippen molar-refractivity contribution >= 4 is 5.91 Å². The van der Waals surface area contributed by atoms with Gasteiger partial charge in [0.15, 0.2) is 0 Å². The second-order valence-corrected chi connectivity index (χ2v) is 2.03. The fourth-order valence-corrected chi connectivity index (χ4v) is 0.771. The van der Waals surface area contributed by atoms with Crippen molar-refractivity contribution in [1.29, 1.82) is 0 Å². The van der Waals surface area contributed by atoms with Crippen LogP contribution in [0.3, 0.4) is 0 Å². The Morgan fingerprint density at radius 3 is 3.00 bits per heavy atom. The molecule has 0 aromatic heterocycles. The second kappa shape index (κ2) is 2.80. The van der Waals surface area contributed by atoms with Crippen LogP contribution in [0.1, 0.15) is 0 Å². The van der Waals surface area contributed by atoms with Crippen molar-refractivity contribution in [2.24, 2.45) is 0 Å². The van der Waals surface area contributed by atoms with E-state index in [0.717, 1.165) is 0 Å². The average Bonchev–Trinajstić information content (AvgIpc) is 1.90. The van der Waals surface area contributed by atoms with Crippen LogP contribution in [0.15, 0.2) is 0 Å². The molecule has 1 aliphatic heterocycles. The molecule has 0 saturated carbocycles. The Kier molecular flexibility index (Phi) is 2.02. The maximum atomic E-state index is 10.5. The molecule has 4 nitrogen and oxygen atoms in total. The van der Waals surface area contributed by atoms with Gasteiger partial charge in [-0.3, -0.25) is 10.1 Å². The van der Waals surface area contributed by atoms with E-state index in [1.54, 1.807) is 0 Å². The van der Waals surface area contributed by atoms with E-state index in [2.05, 4.69) is 16.0 Å². The van der Waals surface area contributed by atoms with Crippen molar-refractivity contribution < 1.29 is 4.79 Å². The zero-order valence-electron chi connectivity index (χ0n) is 5.40. The molecule has 4 heteroatoms. The summed E-state index contributed by atoms with van der Waals surface area (Å²) in [6.07, 6.45) is 0.239. The van der Waals surface area contributed by atoms with Crippen molar-refractivity contribution in [3.05, 3.63) is 0 Å². The molecular weight excluding hydrogens is 118 g/mol. The molecule has 0 spiro atoms. The van der Waals surface area contributed by atoms with Gasteiger partial charge < -0.3 is 10.6 Å². The highest BCUT2D eigenvalue weighted by Crippen LogP contribution is 1.80. The first kappa shape index (κ1) is 6.51. The molecule has 9 heavy (non-hydrogen) atoms. The van der Waals surface area contributed by atoms with Gasteiger partial charge in [-0.15, -0.1) is 0 Å². The summed E-state index contributed by atoms with van der Waals surface area (Å²) in [4.78, 5) is 10.5. The lowest BCUT2D eigenvalue weighted by Gasteiger charge is -2.22. The smallest absolute Gasteiger partial charge is 0.234 e. The molecule has 1 saturated heterocycles. The molecule has 1 atom stereocenters. The predicted octanol–water partition coefficient (Wildman–Crippen LogP) is -1.75. The fraction of sp³-hybridized carbons (Fsp3) is 0.800. The number of hydrogen-bond donors (Lipinski definition) is 3. The number of hydrogen-bond acceptors (Lipinski definition) is 3. The minimum absolute atomic E-state index is 0.0708. The lowest BCUT2D eigenvalue weighted by Crippen LogP contribution is -2.57. The molecule has 0 bridgehead atoms. The van der Waals surface area contributed by atoms with Crippen LogP contribution in [-0.2, 0) is 4.79 Å². The first-order valence-electron chi connectivity index (χ1n) is 3.00. The van der Waals surface area contributed by atoms with Crippen molar-refractivity contribution in [2.75, 3.05) is 20.1 Å². The Morgan fingerprint density at radius 2 is 2.56 bits per heavy atom. The van der Waals surface area contributed by atoms with Crippen molar-refractivity contribution in [3.63, 3.8) is 0 Å². The van der Waals surface area contributed by atoms with E-state index in [0.29, 0.717) is 13.1 Å². The van der Waals surface area contributed by atoms with Gasteiger partial charge in [-0.05, 0) is 7.05 Å². The topological polar surface area (TPSA) is 53.2 Å². The number of carbonyl (C=O) groups is 1. The quantitative estimate of drug-likeness (QED) is 0.393. The molecule has 0 aliphatic carbocycles. The van der Waals surface area contributed by atoms with E-state index >= 15 is 0 Å². The number of likely N-dealkylation sites (N-methyl/N-ethyl adjacent to an activating group) is 1. The van der Waals surface area contributed by atoms with Crippen molar-refractivity contribution in [3.8, 4) is 0 Å². The maximum Gasteiger partial charge on any atom is 0.234 e. The Bertz CT molecular complexity index is 105. The Labute approximate surface area is 54.0 Å². The Hall–Kier alpha value is -0.610. The number of nitrogens with one attached hydrogen (secondary N) is 3. The first-order valence-corrected chi connectivity index (χ1v) is 3.00. The monoisotopic (exact) mass is 129 g/mol. The van der Waals surface area contributed by atoms with Gasteiger partial charge in [0, 0.05) is 6.54 Å². The normalized spacial score (nSPS) is 27.7. The molecule has 1 rings (SSSR count). The summed E-state index contributed by atoms with van der Waals surface area (Å²) >= 11 is 0. The third-order valence-corrected chi connectivity index (χ3v) is 1.36. The molecule has 1 unspecified atom stereocenters. The molecule has 1 aliphatic rings. The number of rotatable bonds is 1. The average molecular weight is 129 g/mol. The molecule has 1 fully saturated rings. The third kappa shape index (κ3) is 1.65. The molecule has 1 amide bonds. The highest BCUT2D eigenvalue weighted by molar-refractivity contribution is 5.78. The van der Waals surface area contributed by atoms with Gasteiger partial charge in [-0.2, -0.15) is 0 Å². The molecule has 52 valence electrons. The largest absolute Gasteiger partial charge is 0.352 e. The van der Waals surface area contributed by atoms with Gasteiger partial charge >= 0.3 is 0 Å². The van der Waals surface area contributed by atoms with Crippen LogP contribution >= 0.6 is 0 Å². The highest BCUT2D eigenvalue weighted by Gasteiger charge is 2.13. The number of piperazine rings is 1. The minimum atomic E-state index is 0.0708. The summed E-state index contributed by atoms with van der Waals surface area (Å²) in [6.45, 7) is 1.10. The van der Waals surface area contributed by atoms with Crippen LogP contribution in [0.5, 0.6) is 0 Å². The zero-order chi connectivity index (χ0) is 6.69. The standard InChI is InChI=1S/C5H11N3O/c1-6-4-2-8-5(9)3-7-4/h4,6-7H,2-3H2,1H3,(H,8,9). The molecule has 0 aromatic carbocycles. The summed E-state index contributed by atoms with van der Waals surface area (Å²) in [5.41, 5.74) is 0. The molecule has 3 N–H and O–H groups in total. The van der Waals surface area contributed by atoms with E-state index in [4.69, 9.17) is 0 Å². The zero-order valence-corrected chi connectivity index (χ0v) is 5.40. The Morgan fingerprint density at radius 1 is 1.78 bits per heavy atom. The third-order valence-electron chi connectivity index (χ3n) is 1.36. The van der Waals surface area contributed by atoms with E-state index in [1.165, 1.54) is 0 Å². The van der Waals surface area contributed by atoms with Crippen LogP contribution in [0, 0.1) is 0 Å². The van der Waals surface area contributed by atoms with Gasteiger partial charge in [0.05, 0.1) is 12.7 Å². The number of amides is 1. The van der Waals surface area contributed by atoms with Gasteiger partial charge in [-0.1, -0.05) is 0 Å². The molecule has 1 heterocycles. The molecule has 0 radical (unpaired) electrons. The van der Waals surface area contributed by atoms with Crippen LogP contribution < -0.4 is 16.0 Å². The molecule has 0 aromatic rings. The fourth-order valence-electron chi connectivity index (χ4n) is 0.771. The Balaban J connectivity index is 2.26. The van der Waals surface area contributed by atoms with Gasteiger partial charge in [0.1, 0.15) is 0 Å². The first-order chi connectivity index (χ1) is 4.33. The van der Waals surface area contributed by atoms with Crippen LogP contribution in [0.4, 0.5) is 0 Å². The lowest BCUT2D eigenvalue weighted by molar-refractivity contribution is -0.121. The maximum absolute atomic E-state index is 10.5. The van der Waals surface area contributed by atoms with Gasteiger partial charge in [-0.25, -0.2) is 0 Å².